The summed E-state index contributed by atoms with van der Waals surface area (Å²) in [4.78, 5) is 28.4. The maximum absolute atomic E-state index is 13.8. The molecule has 33 heavy (non-hydrogen) atoms. The van der Waals surface area contributed by atoms with Crippen molar-refractivity contribution in [2.24, 2.45) is 5.92 Å². The average molecular weight is 452 g/mol. The van der Waals surface area contributed by atoms with Crippen molar-refractivity contribution < 1.29 is 13.9 Å². The lowest BCUT2D eigenvalue weighted by Crippen LogP contribution is -2.43. The maximum atomic E-state index is 13.8. The molecule has 3 aromatic rings. The van der Waals surface area contributed by atoms with Crippen LogP contribution in [-0.4, -0.2) is 49.0 Å². The van der Waals surface area contributed by atoms with Crippen molar-refractivity contribution in [1.29, 1.82) is 0 Å². The van der Waals surface area contributed by atoms with E-state index in [9.17, 15) is 9.18 Å². The summed E-state index contributed by atoms with van der Waals surface area (Å²) in [5, 5.41) is 0. The van der Waals surface area contributed by atoms with E-state index in [4.69, 9.17) is 9.72 Å². The van der Waals surface area contributed by atoms with E-state index in [1.165, 1.54) is 17.8 Å². The number of piperidine rings is 1. The minimum atomic E-state index is -0.502. The third-order valence-electron chi connectivity index (χ3n) is 6.27. The molecule has 174 valence electrons. The number of pyridine rings is 1. The van der Waals surface area contributed by atoms with E-state index in [0.717, 1.165) is 44.3 Å². The maximum Gasteiger partial charge on any atom is 0.410 e. The number of amides is 1. The van der Waals surface area contributed by atoms with Crippen LogP contribution in [0.3, 0.4) is 0 Å². The zero-order valence-corrected chi connectivity index (χ0v) is 19.4. The van der Waals surface area contributed by atoms with Gasteiger partial charge in [-0.15, -0.1) is 0 Å². The van der Waals surface area contributed by atoms with E-state index in [-0.39, 0.29) is 11.9 Å². The lowest BCUT2D eigenvalue weighted by Gasteiger charge is -2.34. The highest BCUT2D eigenvalue weighted by Gasteiger charge is 2.31. The number of imidazole rings is 1. The van der Waals surface area contributed by atoms with Crippen LogP contribution in [-0.2, 0) is 11.2 Å². The van der Waals surface area contributed by atoms with E-state index >= 15 is 0 Å². The van der Waals surface area contributed by atoms with Crippen molar-refractivity contribution in [3.63, 3.8) is 0 Å². The van der Waals surface area contributed by atoms with E-state index < -0.39 is 5.60 Å². The number of carbonyl (C=O) groups is 1. The second-order valence-corrected chi connectivity index (χ2v) is 10.2. The van der Waals surface area contributed by atoms with Crippen LogP contribution in [0.1, 0.15) is 63.6 Å². The van der Waals surface area contributed by atoms with E-state index in [0.29, 0.717) is 35.5 Å². The first kappa shape index (κ1) is 21.8. The normalized spacial score (nSPS) is 19.2. The summed E-state index contributed by atoms with van der Waals surface area (Å²) in [6.07, 6.45) is 9.89. The monoisotopic (exact) mass is 451 g/mol. The van der Waals surface area contributed by atoms with Crippen LogP contribution in [0.4, 0.5) is 9.18 Å². The van der Waals surface area contributed by atoms with Gasteiger partial charge in [0.15, 0.2) is 5.82 Å². The Morgan fingerprint density at radius 1 is 1.18 bits per heavy atom. The van der Waals surface area contributed by atoms with Crippen LogP contribution >= 0.6 is 0 Å². The summed E-state index contributed by atoms with van der Waals surface area (Å²) in [5.74, 6) is 1.04. The number of hydrogen-bond acceptors (Lipinski definition) is 5. The van der Waals surface area contributed by atoms with Crippen molar-refractivity contribution in [2.45, 2.75) is 64.4 Å². The third kappa shape index (κ3) is 4.84. The van der Waals surface area contributed by atoms with Gasteiger partial charge in [-0.25, -0.2) is 24.1 Å². The molecule has 0 aromatic carbocycles. The SMILES string of the molecule is CC(C)(C)OC(=O)N1CCC[C@@H](Cc2nc(-c3cnc4ccc(F)cn34)ncc2C2CC2)C1. The molecule has 2 fully saturated rings. The van der Waals surface area contributed by atoms with Crippen LogP contribution < -0.4 is 0 Å². The van der Waals surface area contributed by atoms with Crippen molar-refractivity contribution >= 4 is 11.7 Å². The quantitative estimate of drug-likeness (QED) is 0.558. The van der Waals surface area contributed by atoms with E-state index in [2.05, 4.69) is 9.97 Å². The predicted molar refractivity (Wildman–Crippen MR) is 122 cm³/mol. The van der Waals surface area contributed by atoms with Gasteiger partial charge in [-0.05, 0) is 82.4 Å². The van der Waals surface area contributed by atoms with Gasteiger partial charge in [0.1, 0.15) is 22.8 Å². The first-order chi connectivity index (χ1) is 15.8. The Bertz CT molecular complexity index is 1180. The molecule has 0 N–H and O–H groups in total. The Morgan fingerprint density at radius 2 is 2.00 bits per heavy atom. The first-order valence-corrected chi connectivity index (χ1v) is 11.7. The first-order valence-electron chi connectivity index (χ1n) is 11.7. The van der Waals surface area contributed by atoms with Gasteiger partial charge in [0.2, 0.25) is 0 Å². The number of rotatable bonds is 4. The molecule has 2 aliphatic rings. The molecule has 3 aromatic heterocycles. The molecule has 0 spiro atoms. The van der Waals surface area contributed by atoms with Gasteiger partial charge in [-0.2, -0.15) is 0 Å². The highest BCUT2D eigenvalue weighted by atomic mass is 19.1. The Morgan fingerprint density at radius 3 is 2.76 bits per heavy atom. The molecule has 5 rings (SSSR count). The topological polar surface area (TPSA) is 72.6 Å². The van der Waals surface area contributed by atoms with Gasteiger partial charge in [0.25, 0.3) is 0 Å². The molecule has 1 saturated heterocycles. The van der Waals surface area contributed by atoms with E-state index in [1.807, 2.05) is 31.9 Å². The predicted octanol–water partition coefficient (Wildman–Crippen LogP) is 5.00. The molecule has 4 heterocycles. The Balaban J connectivity index is 1.40. The Hall–Kier alpha value is -3.03. The van der Waals surface area contributed by atoms with Crippen molar-refractivity contribution in [2.75, 3.05) is 13.1 Å². The molecule has 1 amide bonds. The zero-order valence-electron chi connectivity index (χ0n) is 19.4. The van der Waals surface area contributed by atoms with Crippen molar-refractivity contribution in [3.8, 4) is 11.5 Å². The molecule has 1 aliphatic carbocycles. The summed E-state index contributed by atoms with van der Waals surface area (Å²) >= 11 is 0. The molecular formula is C25H30FN5O2. The smallest absolute Gasteiger partial charge is 0.410 e. The van der Waals surface area contributed by atoms with Gasteiger partial charge in [-0.1, -0.05) is 0 Å². The van der Waals surface area contributed by atoms with Crippen LogP contribution in [0.25, 0.3) is 17.2 Å². The second kappa shape index (κ2) is 8.39. The highest BCUT2D eigenvalue weighted by Crippen LogP contribution is 2.42. The second-order valence-electron chi connectivity index (χ2n) is 10.2. The van der Waals surface area contributed by atoms with Crippen molar-refractivity contribution in [1.82, 2.24) is 24.3 Å². The summed E-state index contributed by atoms with van der Waals surface area (Å²) in [6, 6.07) is 3.04. The fourth-order valence-corrected chi connectivity index (χ4v) is 4.57. The number of ether oxygens (including phenoxy) is 1. The molecule has 0 unspecified atom stereocenters. The molecule has 0 radical (unpaired) electrons. The van der Waals surface area contributed by atoms with Crippen LogP contribution in [0, 0.1) is 11.7 Å². The van der Waals surface area contributed by atoms with Gasteiger partial charge < -0.3 is 9.64 Å². The number of halogens is 1. The number of fused-ring (bicyclic) bond motifs is 1. The minimum absolute atomic E-state index is 0.245. The zero-order chi connectivity index (χ0) is 23.2. The molecule has 7 nitrogen and oxygen atoms in total. The summed E-state index contributed by atoms with van der Waals surface area (Å²) in [6.45, 7) is 7.07. The molecule has 1 aliphatic heterocycles. The fourth-order valence-electron chi connectivity index (χ4n) is 4.57. The molecular weight excluding hydrogens is 421 g/mol. The van der Waals surface area contributed by atoms with E-state index in [1.54, 1.807) is 16.7 Å². The highest BCUT2D eigenvalue weighted by molar-refractivity contribution is 5.68. The van der Waals surface area contributed by atoms with Gasteiger partial charge in [0, 0.05) is 31.2 Å². The largest absolute Gasteiger partial charge is 0.444 e. The lowest BCUT2D eigenvalue weighted by atomic mass is 9.91. The summed E-state index contributed by atoms with van der Waals surface area (Å²) in [5.41, 5.74) is 3.06. The number of nitrogens with zero attached hydrogens (tertiary/aromatic N) is 5. The van der Waals surface area contributed by atoms with Crippen LogP contribution in [0.2, 0.25) is 0 Å². The number of carbonyl (C=O) groups excluding carboxylic acids is 1. The Kier molecular flexibility index (Phi) is 5.54. The molecule has 1 saturated carbocycles. The standard InChI is InChI=1S/C25H30FN5O2/c1-25(2,3)33-24(32)30-10-4-5-16(14-30)11-20-19(17-6-7-17)12-28-23(29-20)21-13-27-22-9-8-18(26)15-31(21)22/h8-9,12-13,15-17H,4-7,10-11,14H2,1-3H3/t16-/m0/s1. The number of aromatic nitrogens is 4. The summed E-state index contributed by atoms with van der Waals surface area (Å²) in [7, 11) is 0. The van der Waals surface area contributed by atoms with Crippen molar-refractivity contribution in [3.05, 3.63) is 47.8 Å². The fraction of sp³-hybridized carbons (Fsp3) is 0.520. The number of hydrogen-bond donors (Lipinski definition) is 0. The van der Waals surface area contributed by atoms with Crippen LogP contribution in [0.5, 0.6) is 0 Å². The van der Waals surface area contributed by atoms with Gasteiger partial charge in [0.05, 0.1) is 6.20 Å². The molecule has 0 bridgehead atoms. The van der Waals surface area contributed by atoms with Crippen LogP contribution in [0.15, 0.2) is 30.7 Å². The van der Waals surface area contributed by atoms with Gasteiger partial charge >= 0.3 is 6.09 Å². The molecule has 8 heteroatoms. The molecule has 1 atom stereocenters. The minimum Gasteiger partial charge on any atom is -0.444 e. The summed E-state index contributed by atoms with van der Waals surface area (Å²) < 4.78 is 21.1. The number of likely N-dealkylation sites (tertiary alicyclic amines) is 1. The lowest BCUT2D eigenvalue weighted by molar-refractivity contribution is 0.0165. The Labute approximate surface area is 193 Å². The third-order valence-corrected chi connectivity index (χ3v) is 6.27. The average Bonchev–Trinajstić information content (AvgIpc) is 3.52. The van der Waals surface area contributed by atoms with Gasteiger partial charge in [-0.3, -0.25) is 4.40 Å².